The van der Waals surface area contributed by atoms with E-state index in [9.17, 15) is 5.11 Å². The summed E-state index contributed by atoms with van der Waals surface area (Å²) >= 11 is 0. The number of hydrogen-bond acceptors (Lipinski definition) is 2. The minimum Gasteiger partial charge on any atom is -0.393 e. The van der Waals surface area contributed by atoms with Crippen molar-refractivity contribution in [3.8, 4) is 0 Å². The molecule has 1 saturated heterocycles. The second-order valence-electron chi connectivity index (χ2n) is 6.75. The molecule has 0 aromatic carbocycles. The SMILES string of the molecule is CC(O)CCCCN1CCC2(CCCCC2)CC1. The average Bonchev–Trinajstić information content (AvgIpc) is 2.38. The fraction of sp³-hybridized carbons (Fsp3) is 1.00. The van der Waals surface area contributed by atoms with E-state index in [4.69, 9.17) is 0 Å². The molecule has 106 valence electrons. The van der Waals surface area contributed by atoms with Gasteiger partial charge in [-0.15, -0.1) is 0 Å². The number of nitrogens with zero attached hydrogens (tertiary/aromatic N) is 1. The molecule has 1 atom stereocenters. The maximum Gasteiger partial charge on any atom is 0.0512 e. The molecular formula is C16H31NO. The van der Waals surface area contributed by atoms with Crippen molar-refractivity contribution < 1.29 is 5.11 Å². The van der Waals surface area contributed by atoms with Gasteiger partial charge in [-0.3, -0.25) is 0 Å². The van der Waals surface area contributed by atoms with E-state index in [0.717, 1.165) is 11.8 Å². The molecule has 2 heteroatoms. The molecule has 2 rings (SSSR count). The molecule has 1 aliphatic heterocycles. The van der Waals surface area contributed by atoms with Crippen molar-refractivity contribution in [1.82, 2.24) is 4.90 Å². The van der Waals surface area contributed by atoms with Crippen LogP contribution in [0.5, 0.6) is 0 Å². The van der Waals surface area contributed by atoms with Gasteiger partial charge in [0.1, 0.15) is 0 Å². The summed E-state index contributed by atoms with van der Waals surface area (Å²) in [5.74, 6) is 0. The Morgan fingerprint density at radius 2 is 1.67 bits per heavy atom. The molecule has 0 bridgehead atoms. The Balaban J connectivity index is 1.61. The number of likely N-dealkylation sites (tertiary alicyclic amines) is 1. The molecule has 0 aromatic rings. The van der Waals surface area contributed by atoms with Crippen molar-refractivity contribution in [2.45, 2.75) is 77.2 Å². The minimum atomic E-state index is -0.114. The zero-order chi connectivity index (χ0) is 12.8. The molecule has 2 aliphatic rings. The van der Waals surface area contributed by atoms with Gasteiger partial charge in [0.25, 0.3) is 0 Å². The highest BCUT2D eigenvalue weighted by Crippen LogP contribution is 2.44. The lowest BCUT2D eigenvalue weighted by molar-refractivity contribution is 0.0663. The van der Waals surface area contributed by atoms with Gasteiger partial charge in [0, 0.05) is 0 Å². The Hall–Kier alpha value is -0.0800. The first-order valence-electron chi connectivity index (χ1n) is 8.11. The maximum atomic E-state index is 9.24. The van der Waals surface area contributed by atoms with Gasteiger partial charge >= 0.3 is 0 Å². The molecule has 0 aromatic heterocycles. The molecule has 1 saturated carbocycles. The highest BCUT2D eigenvalue weighted by Gasteiger charge is 2.35. The van der Waals surface area contributed by atoms with Crippen LogP contribution in [0.3, 0.4) is 0 Å². The Bertz CT molecular complexity index is 223. The van der Waals surface area contributed by atoms with E-state index in [2.05, 4.69) is 4.90 Å². The first kappa shape index (κ1) is 14.3. The molecule has 1 aliphatic carbocycles. The van der Waals surface area contributed by atoms with Gasteiger partial charge in [-0.2, -0.15) is 0 Å². The third-order valence-corrected chi connectivity index (χ3v) is 5.18. The van der Waals surface area contributed by atoms with Crippen LogP contribution in [-0.4, -0.2) is 35.7 Å². The predicted octanol–water partition coefficient (Wildman–Crippen LogP) is 3.58. The van der Waals surface area contributed by atoms with Gasteiger partial charge in [-0.05, 0) is 76.9 Å². The highest BCUT2D eigenvalue weighted by molar-refractivity contribution is 4.88. The fourth-order valence-electron chi connectivity index (χ4n) is 3.83. The van der Waals surface area contributed by atoms with Crippen molar-refractivity contribution in [3.63, 3.8) is 0 Å². The molecule has 0 radical (unpaired) electrons. The predicted molar refractivity (Wildman–Crippen MR) is 76.7 cm³/mol. The second-order valence-corrected chi connectivity index (χ2v) is 6.75. The van der Waals surface area contributed by atoms with E-state index >= 15 is 0 Å². The largest absolute Gasteiger partial charge is 0.393 e. The number of unbranched alkanes of at least 4 members (excludes halogenated alkanes) is 1. The van der Waals surface area contributed by atoms with Gasteiger partial charge in [0.2, 0.25) is 0 Å². The number of rotatable bonds is 5. The third kappa shape index (κ3) is 4.24. The molecule has 1 spiro atoms. The zero-order valence-electron chi connectivity index (χ0n) is 12.2. The van der Waals surface area contributed by atoms with Crippen LogP contribution in [0.2, 0.25) is 0 Å². The molecule has 1 heterocycles. The van der Waals surface area contributed by atoms with E-state index in [1.165, 1.54) is 77.4 Å². The lowest BCUT2D eigenvalue weighted by Crippen LogP contribution is -2.41. The Labute approximate surface area is 113 Å². The monoisotopic (exact) mass is 253 g/mol. The van der Waals surface area contributed by atoms with E-state index in [1.54, 1.807) is 0 Å². The Morgan fingerprint density at radius 1 is 1.00 bits per heavy atom. The van der Waals surface area contributed by atoms with Gasteiger partial charge in [-0.1, -0.05) is 19.3 Å². The quantitative estimate of drug-likeness (QED) is 0.757. The van der Waals surface area contributed by atoms with Crippen LogP contribution in [0.15, 0.2) is 0 Å². The van der Waals surface area contributed by atoms with Crippen LogP contribution in [-0.2, 0) is 0 Å². The van der Waals surface area contributed by atoms with Crippen LogP contribution >= 0.6 is 0 Å². The lowest BCUT2D eigenvalue weighted by Gasteiger charge is -2.44. The summed E-state index contributed by atoms with van der Waals surface area (Å²) in [6.45, 7) is 5.81. The number of hydrogen-bond donors (Lipinski definition) is 1. The third-order valence-electron chi connectivity index (χ3n) is 5.18. The average molecular weight is 253 g/mol. The molecule has 18 heavy (non-hydrogen) atoms. The summed E-state index contributed by atoms with van der Waals surface area (Å²) in [5, 5.41) is 9.24. The van der Waals surface area contributed by atoms with E-state index < -0.39 is 0 Å². The van der Waals surface area contributed by atoms with Crippen molar-refractivity contribution in [2.24, 2.45) is 5.41 Å². The Kier molecular flexibility index (Phi) is 5.50. The first-order chi connectivity index (χ1) is 8.70. The van der Waals surface area contributed by atoms with Crippen LogP contribution in [0.4, 0.5) is 0 Å². The van der Waals surface area contributed by atoms with Gasteiger partial charge in [0.05, 0.1) is 6.10 Å². The molecule has 0 amide bonds. The van der Waals surface area contributed by atoms with Crippen molar-refractivity contribution in [1.29, 1.82) is 0 Å². The molecule has 2 nitrogen and oxygen atoms in total. The van der Waals surface area contributed by atoms with Gasteiger partial charge < -0.3 is 10.0 Å². The zero-order valence-corrected chi connectivity index (χ0v) is 12.2. The first-order valence-corrected chi connectivity index (χ1v) is 8.11. The van der Waals surface area contributed by atoms with Crippen LogP contribution in [0.25, 0.3) is 0 Å². The lowest BCUT2D eigenvalue weighted by atomic mass is 9.68. The normalized spacial score (nSPS) is 26.3. The minimum absolute atomic E-state index is 0.114. The summed E-state index contributed by atoms with van der Waals surface area (Å²) < 4.78 is 0. The smallest absolute Gasteiger partial charge is 0.0512 e. The van der Waals surface area contributed by atoms with Crippen molar-refractivity contribution in [3.05, 3.63) is 0 Å². The summed E-state index contributed by atoms with van der Waals surface area (Å²) in [7, 11) is 0. The number of aliphatic hydroxyl groups excluding tert-OH is 1. The van der Waals surface area contributed by atoms with E-state index in [1.807, 2.05) is 6.92 Å². The number of aliphatic hydroxyl groups is 1. The van der Waals surface area contributed by atoms with Crippen LogP contribution < -0.4 is 0 Å². The van der Waals surface area contributed by atoms with E-state index in [-0.39, 0.29) is 6.10 Å². The molecule has 1 N–H and O–H groups in total. The fourth-order valence-corrected chi connectivity index (χ4v) is 3.83. The summed E-state index contributed by atoms with van der Waals surface area (Å²) in [6, 6.07) is 0. The van der Waals surface area contributed by atoms with Gasteiger partial charge in [0.15, 0.2) is 0 Å². The molecule has 2 fully saturated rings. The number of piperidine rings is 1. The topological polar surface area (TPSA) is 23.5 Å². The standard InChI is InChI=1S/C16H31NO/c1-15(18)7-3-6-12-17-13-10-16(11-14-17)8-4-2-5-9-16/h15,18H,2-14H2,1H3. The summed E-state index contributed by atoms with van der Waals surface area (Å²) in [5.41, 5.74) is 0.744. The van der Waals surface area contributed by atoms with Crippen molar-refractivity contribution >= 4 is 0 Å². The van der Waals surface area contributed by atoms with E-state index in [0.29, 0.717) is 0 Å². The Morgan fingerprint density at radius 3 is 2.28 bits per heavy atom. The van der Waals surface area contributed by atoms with Crippen LogP contribution in [0.1, 0.15) is 71.1 Å². The maximum absolute atomic E-state index is 9.24. The van der Waals surface area contributed by atoms with Crippen molar-refractivity contribution in [2.75, 3.05) is 19.6 Å². The second kappa shape index (κ2) is 6.91. The summed E-state index contributed by atoms with van der Waals surface area (Å²) in [4.78, 5) is 2.65. The highest BCUT2D eigenvalue weighted by atomic mass is 16.3. The molecule has 1 unspecified atom stereocenters. The van der Waals surface area contributed by atoms with Gasteiger partial charge in [-0.25, -0.2) is 0 Å². The molecular weight excluding hydrogens is 222 g/mol. The van der Waals surface area contributed by atoms with Crippen LogP contribution in [0, 0.1) is 5.41 Å². The summed E-state index contributed by atoms with van der Waals surface area (Å²) in [6.07, 6.45) is 13.6.